The Balaban J connectivity index is 2.21. The van der Waals surface area contributed by atoms with Gasteiger partial charge in [0.2, 0.25) is 0 Å². The molecule has 0 aromatic heterocycles. The van der Waals surface area contributed by atoms with Crippen LogP contribution in [0.2, 0.25) is 0 Å². The molecule has 0 fully saturated rings. The van der Waals surface area contributed by atoms with E-state index in [0.717, 1.165) is 22.5 Å². The number of carbonyl (C=O) groups excluding carboxylic acids is 1. The molecule has 1 heterocycles. The zero-order chi connectivity index (χ0) is 13.7. The molecule has 0 radical (unpaired) electrons. The fraction of sp³-hybridized carbons (Fsp3) is 0.400. The molecule has 1 aromatic rings. The molecule has 1 aromatic carbocycles. The van der Waals surface area contributed by atoms with E-state index < -0.39 is 0 Å². The minimum atomic E-state index is -0.205. The van der Waals surface area contributed by atoms with Gasteiger partial charge in [0.1, 0.15) is 5.75 Å². The summed E-state index contributed by atoms with van der Waals surface area (Å²) in [5.41, 5.74) is 3.09. The second kappa shape index (κ2) is 6.38. The van der Waals surface area contributed by atoms with Crippen molar-refractivity contribution in [1.29, 1.82) is 0 Å². The lowest BCUT2D eigenvalue weighted by Gasteiger charge is -2.07. The second-order valence-electron chi connectivity index (χ2n) is 4.29. The van der Waals surface area contributed by atoms with Crippen LogP contribution < -0.4 is 4.74 Å². The van der Waals surface area contributed by atoms with Crippen molar-refractivity contribution >= 4 is 11.5 Å². The predicted molar refractivity (Wildman–Crippen MR) is 72.0 cm³/mol. The van der Waals surface area contributed by atoms with Gasteiger partial charge in [-0.15, -0.1) is 0 Å². The Morgan fingerprint density at radius 1 is 1.37 bits per heavy atom. The summed E-state index contributed by atoms with van der Waals surface area (Å²) in [4.78, 5) is 11.6. The van der Waals surface area contributed by atoms with Crippen LogP contribution in [0.4, 0.5) is 0 Å². The molecule has 0 amide bonds. The molecule has 0 unspecified atom stereocenters. The van der Waals surface area contributed by atoms with Crippen molar-refractivity contribution in [1.82, 2.24) is 0 Å². The Kier molecular flexibility index (Phi) is 4.58. The van der Waals surface area contributed by atoms with Gasteiger partial charge in [0.15, 0.2) is 0 Å². The first-order chi connectivity index (χ1) is 9.24. The van der Waals surface area contributed by atoms with Gasteiger partial charge in [-0.1, -0.05) is 12.1 Å². The van der Waals surface area contributed by atoms with E-state index in [1.165, 1.54) is 0 Å². The van der Waals surface area contributed by atoms with E-state index in [-0.39, 0.29) is 5.97 Å². The molecule has 4 heteroatoms. The number of esters is 1. The van der Waals surface area contributed by atoms with E-state index in [9.17, 15) is 4.79 Å². The van der Waals surface area contributed by atoms with Crippen LogP contribution in [0, 0.1) is 0 Å². The summed E-state index contributed by atoms with van der Waals surface area (Å²) in [5.74, 6) is 0.593. The van der Waals surface area contributed by atoms with Crippen LogP contribution in [0.25, 0.3) is 5.57 Å². The molecule has 0 atom stereocenters. The summed E-state index contributed by atoms with van der Waals surface area (Å²) in [7, 11) is 1.64. The minimum Gasteiger partial charge on any atom is -0.497 e. The smallest absolute Gasteiger partial charge is 0.310 e. The zero-order valence-electron chi connectivity index (χ0n) is 11.3. The highest BCUT2D eigenvalue weighted by Crippen LogP contribution is 2.29. The SMILES string of the molecule is CCOC(=O)CC1=C(c2cccc(OC)c2)COC1. The monoisotopic (exact) mass is 262 g/mol. The van der Waals surface area contributed by atoms with Gasteiger partial charge in [-0.2, -0.15) is 0 Å². The van der Waals surface area contributed by atoms with Gasteiger partial charge in [-0.3, -0.25) is 4.79 Å². The highest BCUT2D eigenvalue weighted by molar-refractivity contribution is 5.80. The van der Waals surface area contributed by atoms with E-state index in [1.54, 1.807) is 14.0 Å². The van der Waals surface area contributed by atoms with Crippen LogP contribution in [-0.4, -0.2) is 32.9 Å². The maximum atomic E-state index is 11.6. The lowest BCUT2D eigenvalue weighted by atomic mass is 10.0. The normalized spacial score (nSPS) is 14.6. The predicted octanol–water partition coefficient (Wildman–Crippen LogP) is 2.43. The third-order valence-corrected chi connectivity index (χ3v) is 3.03. The Hall–Kier alpha value is -1.81. The molecule has 0 saturated heterocycles. The molecule has 0 saturated carbocycles. The molecule has 0 N–H and O–H groups in total. The summed E-state index contributed by atoms with van der Waals surface area (Å²) in [6, 6.07) is 7.78. The van der Waals surface area contributed by atoms with Gasteiger partial charge in [-0.25, -0.2) is 0 Å². The summed E-state index contributed by atoms with van der Waals surface area (Å²) in [5, 5.41) is 0. The lowest BCUT2D eigenvalue weighted by molar-refractivity contribution is -0.142. The van der Waals surface area contributed by atoms with Crippen LogP contribution in [0.1, 0.15) is 18.9 Å². The Morgan fingerprint density at radius 3 is 2.95 bits per heavy atom. The summed E-state index contributed by atoms with van der Waals surface area (Å²) < 4.78 is 15.6. The van der Waals surface area contributed by atoms with Gasteiger partial charge in [0, 0.05) is 0 Å². The number of methoxy groups -OCH3 is 1. The van der Waals surface area contributed by atoms with Crippen molar-refractivity contribution in [2.24, 2.45) is 0 Å². The molecule has 0 aliphatic carbocycles. The van der Waals surface area contributed by atoms with Gasteiger partial charge in [0.25, 0.3) is 0 Å². The molecule has 102 valence electrons. The molecule has 2 rings (SSSR count). The van der Waals surface area contributed by atoms with E-state index in [1.807, 2.05) is 24.3 Å². The molecule has 1 aliphatic rings. The largest absolute Gasteiger partial charge is 0.497 e. The molecule has 19 heavy (non-hydrogen) atoms. The van der Waals surface area contributed by atoms with Crippen LogP contribution in [0.3, 0.4) is 0 Å². The van der Waals surface area contributed by atoms with Crippen LogP contribution in [-0.2, 0) is 14.3 Å². The van der Waals surface area contributed by atoms with E-state index in [4.69, 9.17) is 14.2 Å². The number of benzene rings is 1. The first-order valence-corrected chi connectivity index (χ1v) is 6.33. The highest BCUT2D eigenvalue weighted by Gasteiger charge is 2.20. The van der Waals surface area contributed by atoms with E-state index >= 15 is 0 Å². The van der Waals surface area contributed by atoms with Gasteiger partial charge in [0.05, 0.1) is 33.4 Å². The number of rotatable bonds is 5. The van der Waals surface area contributed by atoms with Gasteiger partial charge >= 0.3 is 5.97 Å². The molecular weight excluding hydrogens is 244 g/mol. The van der Waals surface area contributed by atoms with Gasteiger partial charge in [-0.05, 0) is 35.8 Å². The van der Waals surface area contributed by atoms with Crippen molar-refractivity contribution < 1.29 is 19.0 Å². The van der Waals surface area contributed by atoms with Crippen LogP contribution in [0.15, 0.2) is 29.8 Å². The van der Waals surface area contributed by atoms with Crippen LogP contribution in [0.5, 0.6) is 5.75 Å². The quantitative estimate of drug-likeness (QED) is 0.764. The lowest BCUT2D eigenvalue weighted by Crippen LogP contribution is -2.06. The molecule has 0 spiro atoms. The summed E-state index contributed by atoms with van der Waals surface area (Å²) >= 11 is 0. The first-order valence-electron chi connectivity index (χ1n) is 6.33. The molecule has 1 aliphatic heterocycles. The fourth-order valence-corrected chi connectivity index (χ4v) is 2.11. The first kappa shape index (κ1) is 13.6. The topological polar surface area (TPSA) is 44.8 Å². The van der Waals surface area contributed by atoms with Crippen molar-refractivity contribution in [3.05, 3.63) is 35.4 Å². The standard InChI is InChI=1S/C15H18O4/c1-3-19-15(16)8-12-9-18-10-14(12)11-5-4-6-13(7-11)17-2/h4-7H,3,8-10H2,1-2H3. The fourth-order valence-electron chi connectivity index (χ4n) is 2.11. The summed E-state index contributed by atoms with van der Waals surface area (Å²) in [6.07, 6.45) is 0.292. The van der Waals surface area contributed by atoms with E-state index in [0.29, 0.717) is 26.2 Å². The number of ether oxygens (including phenoxy) is 3. The number of hydrogen-bond acceptors (Lipinski definition) is 4. The van der Waals surface area contributed by atoms with Crippen molar-refractivity contribution in [2.45, 2.75) is 13.3 Å². The highest BCUT2D eigenvalue weighted by atomic mass is 16.5. The maximum Gasteiger partial charge on any atom is 0.310 e. The van der Waals surface area contributed by atoms with Crippen molar-refractivity contribution in [2.75, 3.05) is 26.9 Å². The second-order valence-corrected chi connectivity index (χ2v) is 4.29. The van der Waals surface area contributed by atoms with Crippen molar-refractivity contribution in [3.63, 3.8) is 0 Å². The average Bonchev–Trinajstić information content (AvgIpc) is 2.87. The third kappa shape index (κ3) is 3.35. The zero-order valence-corrected chi connectivity index (χ0v) is 11.3. The molecular formula is C15H18O4. The Bertz CT molecular complexity index is 491. The van der Waals surface area contributed by atoms with Crippen molar-refractivity contribution in [3.8, 4) is 5.75 Å². The van der Waals surface area contributed by atoms with Crippen LogP contribution >= 0.6 is 0 Å². The number of carbonyl (C=O) groups is 1. The molecule has 0 bridgehead atoms. The minimum absolute atomic E-state index is 0.205. The maximum absolute atomic E-state index is 11.6. The third-order valence-electron chi connectivity index (χ3n) is 3.03. The summed E-state index contributed by atoms with van der Waals surface area (Å²) in [6.45, 7) is 3.23. The average molecular weight is 262 g/mol. The Labute approximate surface area is 113 Å². The van der Waals surface area contributed by atoms with Gasteiger partial charge < -0.3 is 14.2 Å². The molecule has 4 nitrogen and oxygen atoms in total. The Morgan fingerprint density at radius 2 is 2.21 bits per heavy atom. The van der Waals surface area contributed by atoms with E-state index in [2.05, 4.69) is 0 Å². The number of hydrogen-bond donors (Lipinski definition) is 0.